The molecule has 1 aromatic carbocycles. The summed E-state index contributed by atoms with van der Waals surface area (Å²) in [6.07, 6.45) is 3.54. The van der Waals surface area contributed by atoms with E-state index in [1.807, 2.05) is 19.1 Å². The van der Waals surface area contributed by atoms with Crippen molar-refractivity contribution in [2.75, 3.05) is 11.9 Å². The fourth-order valence-corrected chi connectivity index (χ4v) is 1.88. The molecule has 0 heterocycles. The Morgan fingerprint density at radius 1 is 1.31 bits per heavy atom. The molecule has 1 rings (SSSR count). The predicted octanol–water partition coefficient (Wildman–Crippen LogP) is 4.37. The lowest BCUT2D eigenvalue weighted by molar-refractivity contribution is 0.486. The fourth-order valence-electron chi connectivity index (χ4n) is 1.88. The zero-order chi connectivity index (χ0) is 12.0. The van der Waals surface area contributed by atoms with Crippen LogP contribution in [0.2, 0.25) is 0 Å². The normalized spacial score (nSPS) is 12.5. The van der Waals surface area contributed by atoms with E-state index in [4.69, 9.17) is 0 Å². The molecule has 1 aromatic rings. The lowest BCUT2D eigenvalue weighted by Gasteiger charge is -2.16. The number of halogens is 1. The summed E-state index contributed by atoms with van der Waals surface area (Å²) < 4.78 is 13.5. The Labute approximate surface area is 98.1 Å². The van der Waals surface area contributed by atoms with Gasteiger partial charge in [-0.25, -0.2) is 4.39 Å². The van der Waals surface area contributed by atoms with Gasteiger partial charge in [0, 0.05) is 6.54 Å². The SMILES string of the molecule is CCCC(CC)CNc1ccc(C)cc1F. The molecule has 90 valence electrons. The highest BCUT2D eigenvalue weighted by Crippen LogP contribution is 2.17. The van der Waals surface area contributed by atoms with Crippen LogP contribution in [0.15, 0.2) is 18.2 Å². The van der Waals surface area contributed by atoms with Crippen LogP contribution in [0.4, 0.5) is 10.1 Å². The first-order chi connectivity index (χ1) is 7.67. The van der Waals surface area contributed by atoms with E-state index in [1.54, 1.807) is 6.07 Å². The molecule has 1 nitrogen and oxygen atoms in total. The maximum absolute atomic E-state index is 13.5. The molecule has 0 aliphatic carbocycles. The summed E-state index contributed by atoms with van der Waals surface area (Å²) in [4.78, 5) is 0. The topological polar surface area (TPSA) is 12.0 Å². The molecule has 0 saturated carbocycles. The summed E-state index contributed by atoms with van der Waals surface area (Å²) in [6.45, 7) is 7.14. The van der Waals surface area contributed by atoms with Gasteiger partial charge in [-0.2, -0.15) is 0 Å². The fraction of sp³-hybridized carbons (Fsp3) is 0.571. The van der Waals surface area contributed by atoms with Crippen LogP contribution in [0.25, 0.3) is 0 Å². The van der Waals surface area contributed by atoms with Gasteiger partial charge in [-0.05, 0) is 37.0 Å². The van der Waals surface area contributed by atoms with Gasteiger partial charge in [-0.3, -0.25) is 0 Å². The van der Waals surface area contributed by atoms with Crippen LogP contribution >= 0.6 is 0 Å². The third-order valence-electron chi connectivity index (χ3n) is 2.98. The van der Waals surface area contributed by atoms with E-state index in [0.29, 0.717) is 11.6 Å². The van der Waals surface area contributed by atoms with Crippen LogP contribution < -0.4 is 5.32 Å². The molecule has 0 aliphatic rings. The summed E-state index contributed by atoms with van der Waals surface area (Å²) in [6, 6.07) is 5.33. The summed E-state index contributed by atoms with van der Waals surface area (Å²) in [7, 11) is 0. The second-order valence-electron chi connectivity index (χ2n) is 4.43. The molecule has 1 atom stereocenters. The van der Waals surface area contributed by atoms with Crippen molar-refractivity contribution < 1.29 is 4.39 Å². The Balaban J connectivity index is 2.53. The number of anilines is 1. The molecule has 0 aliphatic heterocycles. The van der Waals surface area contributed by atoms with Gasteiger partial charge in [0.05, 0.1) is 5.69 Å². The number of hydrogen-bond donors (Lipinski definition) is 1. The minimum absolute atomic E-state index is 0.147. The largest absolute Gasteiger partial charge is 0.382 e. The molecule has 16 heavy (non-hydrogen) atoms. The summed E-state index contributed by atoms with van der Waals surface area (Å²) in [5, 5.41) is 3.20. The van der Waals surface area contributed by atoms with E-state index in [1.165, 1.54) is 12.8 Å². The summed E-state index contributed by atoms with van der Waals surface area (Å²) in [5.74, 6) is 0.497. The second kappa shape index (κ2) is 6.51. The van der Waals surface area contributed by atoms with E-state index < -0.39 is 0 Å². The number of hydrogen-bond acceptors (Lipinski definition) is 1. The minimum atomic E-state index is -0.147. The molecule has 0 saturated heterocycles. The zero-order valence-electron chi connectivity index (χ0n) is 10.5. The molecule has 1 N–H and O–H groups in total. The second-order valence-corrected chi connectivity index (χ2v) is 4.43. The van der Waals surface area contributed by atoms with Gasteiger partial charge < -0.3 is 5.32 Å². The molecule has 0 fully saturated rings. The Bertz CT molecular complexity index is 323. The van der Waals surface area contributed by atoms with E-state index in [-0.39, 0.29) is 5.82 Å². The average Bonchev–Trinajstić information content (AvgIpc) is 2.26. The molecule has 0 radical (unpaired) electrons. The quantitative estimate of drug-likeness (QED) is 0.755. The number of rotatable bonds is 6. The Morgan fingerprint density at radius 3 is 2.62 bits per heavy atom. The van der Waals surface area contributed by atoms with Crippen LogP contribution in [0.3, 0.4) is 0 Å². The monoisotopic (exact) mass is 223 g/mol. The van der Waals surface area contributed by atoms with Gasteiger partial charge in [0.25, 0.3) is 0 Å². The van der Waals surface area contributed by atoms with E-state index >= 15 is 0 Å². The van der Waals surface area contributed by atoms with Crippen molar-refractivity contribution in [3.8, 4) is 0 Å². The zero-order valence-corrected chi connectivity index (χ0v) is 10.5. The van der Waals surface area contributed by atoms with Crippen LogP contribution in [-0.2, 0) is 0 Å². The highest BCUT2D eigenvalue weighted by Gasteiger charge is 2.06. The average molecular weight is 223 g/mol. The van der Waals surface area contributed by atoms with Gasteiger partial charge in [0.15, 0.2) is 0 Å². The number of aryl methyl sites for hydroxylation is 1. The molecular weight excluding hydrogens is 201 g/mol. The van der Waals surface area contributed by atoms with Crippen LogP contribution in [0, 0.1) is 18.7 Å². The first-order valence-electron chi connectivity index (χ1n) is 6.17. The van der Waals surface area contributed by atoms with E-state index in [2.05, 4.69) is 19.2 Å². The van der Waals surface area contributed by atoms with Gasteiger partial charge in [0.1, 0.15) is 5.82 Å². The molecular formula is C14H22FN. The summed E-state index contributed by atoms with van der Waals surface area (Å²) >= 11 is 0. The molecule has 2 heteroatoms. The van der Waals surface area contributed by atoms with Crippen molar-refractivity contribution in [2.45, 2.75) is 40.0 Å². The smallest absolute Gasteiger partial charge is 0.146 e. The Kier molecular flexibility index (Phi) is 5.30. The van der Waals surface area contributed by atoms with E-state index in [9.17, 15) is 4.39 Å². The van der Waals surface area contributed by atoms with Gasteiger partial charge >= 0.3 is 0 Å². The Hall–Kier alpha value is -1.05. The molecule has 1 unspecified atom stereocenters. The van der Waals surface area contributed by atoms with Crippen molar-refractivity contribution in [1.82, 2.24) is 0 Å². The number of benzene rings is 1. The van der Waals surface area contributed by atoms with Crippen LogP contribution in [0.5, 0.6) is 0 Å². The van der Waals surface area contributed by atoms with Gasteiger partial charge in [-0.1, -0.05) is 32.8 Å². The van der Waals surface area contributed by atoms with Crippen molar-refractivity contribution in [3.63, 3.8) is 0 Å². The Morgan fingerprint density at radius 2 is 2.06 bits per heavy atom. The van der Waals surface area contributed by atoms with Gasteiger partial charge in [0.2, 0.25) is 0 Å². The maximum atomic E-state index is 13.5. The van der Waals surface area contributed by atoms with Crippen molar-refractivity contribution in [3.05, 3.63) is 29.6 Å². The van der Waals surface area contributed by atoms with Crippen molar-refractivity contribution >= 4 is 5.69 Å². The lowest BCUT2D eigenvalue weighted by Crippen LogP contribution is -2.14. The highest BCUT2D eigenvalue weighted by atomic mass is 19.1. The third kappa shape index (κ3) is 3.84. The molecule has 0 amide bonds. The lowest BCUT2D eigenvalue weighted by atomic mass is 10.0. The van der Waals surface area contributed by atoms with Crippen molar-refractivity contribution in [2.24, 2.45) is 5.92 Å². The van der Waals surface area contributed by atoms with Crippen LogP contribution in [-0.4, -0.2) is 6.54 Å². The first-order valence-corrected chi connectivity index (χ1v) is 6.17. The summed E-state index contributed by atoms with van der Waals surface area (Å²) in [5.41, 5.74) is 1.59. The van der Waals surface area contributed by atoms with E-state index in [0.717, 1.165) is 18.5 Å². The number of nitrogens with one attached hydrogen (secondary N) is 1. The third-order valence-corrected chi connectivity index (χ3v) is 2.98. The first kappa shape index (κ1) is 13.0. The highest BCUT2D eigenvalue weighted by molar-refractivity contribution is 5.46. The van der Waals surface area contributed by atoms with Gasteiger partial charge in [-0.15, -0.1) is 0 Å². The molecule has 0 bridgehead atoms. The standard InChI is InChI=1S/C14H22FN/c1-4-6-12(5-2)10-16-14-8-7-11(3)9-13(14)15/h7-9,12,16H,4-6,10H2,1-3H3. The maximum Gasteiger partial charge on any atom is 0.146 e. The van der Waals surface area contributed by atoms with Crippen molar-refractivity contribution in [1.29, 1.82) is 0 Å². The predicted molar refractivity (Wildman–Crippen MR) is 68.3 cm³/mol. The van der Waals surface area contributed by atoms with Crippen LogP contribution in [0.1, 0.15) is 38.7 Å². The molecule has 0 spiro atoms. The molecule has 0 aromatic heterocycles. The minimum Gasteiger partial charge on any atom is -0.382 e.